The van der Waals surface area contributed by atoms with E-state index in [1.807, 2.05) is 0 Å². The summed E-state index contributed by atoms with van der Waals surface area (Å²) in [7, 11) is 0. The number of Topliss-reactive ketones (excluding diaryl/α,β-unsaturated/α-hetero) is 2. The molecular weight excluding hydrogens is 188 g/mol. The van der Waals surface area contributed by atoms with E-state index >= 15 is 0 Å². The molecule has 6 heteroatoms. The van der Waals surface area contributed by atoms with Crippen LogP contribution >= 0.6 is 0 Å². The van der Waals surface area contributed by atoms with Gasteiger partial charge in [-0.3, -0.25) is 19.2 Å². The molecule has 0 spiro atoms. The lowest BCUT2D eigenvalue weighted by Crippen LogP contribution is -2.31. The van der Waals surface area contributed by atoms with Crippen LogP contribution in [0.25, 0.3) is 0 Å². The number of nitrogens with one attached hydrogen (secondary N) is 1. The quantitative estimate of drug-likeness (QED) is 0.555. The summed E-state index contributed by atoms with van der Waals surface area (Å²) in [6, 6.07) is -0.458. The fourth-order valence-electron chi connectivity index (χ4n) is 0.705. The molecule has 6 nitrogen and oxygen atoms in total. The predicted molar refractivity (Wildman–Crippen MR) is 48.0 cm³/mol. The van der Waals surface area contributed by atoms with Crippen LogP contribution in [0.5, 0.6) is 0 Å². The van der Waals surface area contributed by atoms with Gasteiger partial charge in [-0.25, -0.2) is 5.48 Å². The maximum absolute atomic E-state index is 10.2. The van der Waals surface area contributed by atoms with Gasteiger partial charge in [0.05, 0.1) is 13.0 Å². The Morgan fingerprint density at radius 2 is 2.00 bits per heavy atom. The van der Waals surface area contributed by atoms with Crippen molar-refractivity contribution in [2.24, 2.45) is 5.73 Å². The molecule has 14 heavy (non-hydrogen) atoms. The molecule has 1 unspecified atom stereocenters. The normalized spacial score (nSPS) is 19.4. The SMILES string of the molecule is CC(=O)CC(C)=O.NC1CONC1=O. The lowest BCUT2D eigenvalue weighted by Gasteiger charge is -1.87. The van der Waals surface area contributed by atoms with Crippen molar-refractivity contribution in [2.75, 3.05) is 6.61 Å². The molecular formula is C8H14N2O4. The average molecular weight is 202 g/mol. The van der Waals surface area contributed by atoms with Crippen LogP contribution in [0, 0.1) is 0 Å². The van der Waals surface area contributed by atoms with Gasteiger partial charge in [0.1, 0.15) is 17.6 Å². The van der Waals surface area contributed by atoms with Gasteiger partial charge in [-0.2, -0.15) is 0 Å². The lowest BCUT2D eigenvalue weighted by molar-refractivity contribution is -0.125. The summed E-state index contributed by atoms with van der Waals surface area (Å²) in [6.45, 7) is 3.10. The van der Waals surface area contributed by atoms with Crippen molar-refractivity contribution in [2.45, 2.75) is 26.3 Å². The second-order valence-electron chi connectivity index (χ2n) is 2.96. The summed E-state index contributed by atoms with van der Waals surface area (Å²) in [6.07, 6.45) is 0.0833. The summed E-state index contributed by atoms with van der Waals surface area (Å²) in [5.41, 5.74) is 7.25. The molecule has 0 aromatic carbocycles. The molecule has 1 fully saturated rings. The second-order valence-corrected chi connectivity index (χ2v) is 2.96. The Labute approximate surface area is 81.7 Å². The van der Waals surface area contributed by atoms with Crippen molar-refractivity contribution < 1.29 is 19.2 Å². The molecule has 1 atom stereocenters. The van der Waals surface area contributed by atoms with Crippen molar-refractivity contribution in [3.8, 4) is 0 Å². The van der Waals surface area contributed by atoms with E-state index in [0.717, 1.165) is 0 Å². The summed E-state index contributed by atoms with van der Waals surface area (Å²) in [4.78, 5) is 34.7. The molecule has 0 bridgehead atoms. The number of rotatable bonds is 2. The largest absolute Gasteiger partial charge is 0.318 e. The predicted octanol–water partition coefficient (Wildman–Crippen LogP) is -1.07. The standard InChI is InChI=1S/C5H8O2.C3H6N2O2/c1-4(6)3-5(2)7;4-2-1-7-5-3(2)6/h3H2,1-2H3;2H,1,4H2,(H,5,6). The zero-order chi connectivity index (χ0) is 11.1. The number of ketones is 2. The van der Waals surface area contributed by atoms with E-state index in [1.165, 1.54) is 13.8 Å². The summed E-state index contributed by atoms with van der Waals surface area (Å²) in [5, 5.41) is 0. The molecule has 0 radical (unpaired) electrons. The molecule has 0 aromatic heterocycles. The highest BCUT2D eigenvalue weighted by molar-refractivity contribution is 5.96. The van der Waals surface area contributed by atoms with E-state index in [1.54, 1.807) is 0 Å². The Kier molecular flexibility index (Phi) is 5.66. The molecule has 0 saturated carbocycles. The van der Waals surface area contributed by atoms with Crippen LogP contribution < -0.4 is 11.2 Å². The van der Waals surface area contributed by atoms with E-state index in [-0.39, 0.29) is 23.9 Å². The minimum Gasteiger partial charge on any atom is -0.318 e. The lowest BCUT2D eigenvalue weighted by atomic mass is 10.2. The van der Waals surface area contributed by atoms with Crippen LogP contribution in [0.15, 0.2) is 0 Å². The van der Waals surface area contributed by atoms with Crippen LogP contribution in [0.2, 0.25) is 0 Å². The topological polar surface area (TPSA) is 98.5 Å². The van der Waals surface area contributed by atoms with Crippen molar-refractivity contribution in [3.63, 3.8) is 0 Å². The number of carbonyl (C=O) groups excluding carboxylic acids is 3. The van der Waals surface area contributed by atoms with Gasteiger partial charge in [0.25, 0.3) is 5.91 Å². The maximum atomic E-state index is 10.2. The van der Waals surface area contributed by atoms with E-state index in [2.05, 4.69) is 10.3 Å². The highest BCUT2D eigenvalue weighted by Gasteiger charge is 2.19. The van der Waals surface area contributed by atoms with E-state index < -0.39 is 6.04 Å². The Bertz CT molecular complexity index is 227. The molecule has 0 aliphatic carbocycles. The first-order valence-corrected chi connectivity index (χ1v) is 4.09. The van der Waals surface area contributed by atoms with E-state index in [0.29, 0.717) is 6.61 Å². The number of nitrogens with two attached hydrogens (primary N) is 1. The minimum absolute atomic E-state index is 0.0625. The summed E-state index contributed by atoms with van der Waals surface area (Å²) in [5.74, 6) is -0.361. The molecule has 1 aliphatic heterocycles. The van der Waals surface area contributed by atoms with Gasteiger partial charge in [-0.05, 0) is 13.8 Å². The van der Waals surface area contributed by atoms with E-state index in [4.69, 9.17) is 5.73 Å². The number of hydrogen-bond donors (Lipinski definition) is 2. The third kappa shape index (κ3) is 6.27. The van der Waals surface area contributed by atoms with Gasteiger partial charge in [-0.15, -0.1) is 0 Å². The van der Waals surface area contributed by atoms with Crippen LogP contribution in [0.3, 0.4) is 0 Å². The van der Waals surface area contributed by atoms with Crippen molar-refractivity contribution >= 4 is 17.5 Å². The van der Waals surface area contributed by atoms with Crippen LogP contribution in [-0.2, 0) is 19.2 Å². The number of hydroxylamine groups is 1. The summed E-state index contributed by atoms with van der Waals surface area (Å²) < 4.78 is 0. The maximum Gasteiger partial charge on any atom is 0.262 e. The van der Waals surface area contributed by atoms with Crippen molar-refractivity contribution in [3.05, 3.63) is 0 Å². The zero-order valence-electron chi connectivity index (χ0n) is 8.20. The zero-order valence-corrected chi connectivity index (χ0v) is 8.20. The average Bonchev–Trinajstić information content (AvgIpc) is 2.34. The van der Waals surface area contributed by atoms with Crippen molar-refractivity contribution in [1.82, 2.24) is 5.48 Å². The Balaban J connectivity index is 0.000000241. The molecule has 3 N–H and O–H groups in total. The number of amides is 1. The monoisotopic (exact) mass is 202 g/mol. The van der Waals surface area contributed by atoms with E-state index in [9.17, 15) is 14.4 Å². The van der Waals surface area contributed by atoms with Gasteiger partial charge in [-0.1, -0.05) is 0 Å². The van der Waals surface area contributed by atoms with Crippen LogP contribution in [-0.4, -0.2) is 30.1 Å². The van der Waals surface area contributed by atoms with Gasteiger partial charge in [0.2, 0.25) is 0 Å². The van der Waals surface area contributed by atoms with Crippen LogP contribution in [0.1, 0.15) is 20.3 Å². The molecule has 1 amide bonds. The van der Waals surface area contributed by atoms with Gasteiger partial charge in [0.15, 0.2) is 0 Å². The Morgan fingerprint density at radius 1 is 1.50 bits per heavy atom. The smallest absolute Gasteiger partial charge is 0.262 e. The third-order valence-corrected chi connectivity index (χ3v) is 1.27. The highest BCUT2D eigenvalue weighted by atomic mass is 16.7. The molecule has 1 heterocycles. The molecule has 1 rings (SSSR count). The molecule has 0 aromatic rings. The van der Waals surface area contributed by atoms with Gasteiger partial charge in [0, 0.05) is 0 Å². The first-order valence-electron chi connectivity index (χ1n) is 4.09. The molecule has 1 aliphatic rings. The molecule has 80 valence electrons. The van der Waals surface area contributed by atoms with Crippen LogP contribution in [0.4, 0.5) is 0 Å². The van der Waals surface area contributed by atoms with Gasteiger partial charge < -0.3 is 5.73 Å². The summed E-state index contributed by atoms with van der Waals surface area (Å²) >= 11 is 0. The first-order chi connectivity index (χ1) is 6.43. The minimum atomic E-state index is -0.458. The van der Waals surface area contributed by atoms with Gasteiger partial charge >= 0.3 is 0 Å². The fourth-order valence-corrected chi connectivity index (χ4v) is 0.705. The third-order valence-electron chi connectivity index (χ3n) is 1.27. The highest BCUT2D eigenvalue weighted by Crippen LogP contribution is 1.87. The second kappa shape index (κ2) is 6.22. The Morgan fingerprint density at radius 3 is 2.07 bits per heavy atom. The number of carbonyl (C=O) groups is 3. The molecule has 1 saturated heterocycles. The Hall–Kier alpha value is -1.27. The van der Waals surface area contributed by atoms with Crippen molar-refractivity contribution in [1.29, 1.82) is 0 Å². The first kappa shape index (κ1) is 12.7. The fraction of sp³-hybridized carbons (Fsp3) is 0.625. The number of hydrogen-bond acceptors (Lipinski definition) is 5.